The third kappa shape index (κ3) is 4.56. The second kappa shape index (κ2) is 9.42. The molecule has 1 aromatic carbocycles. The summed E-state index contributed by atoms with van der Waals surface area (Å²) in [5.41, 5.74) is 3.31. The molecule has 0 unspecified atom stereocenters. The fourth-order valence-electron chi connectivity index (χ4n) is 3.34. The van der Waals surface area contributed by atoms with Gasteiger partial charge in [-0.2, -0.15) is 0 Å². The highest BCUT2D eigenvalue weighted by atomic mass is 32.2. The molecule has 8 heteroatoms. The van der Waals surface area contributed by atoms with Crippen molar-refractivity contribution in [1.29, 1.82) is 0 Å². The van der Waals surface area contributed by atoms with Crippen LogP contribution in [0.25, 0.3) is 11.4 Å². The van der Waals surface area contributed by atoms with E-state index in [1.54, 1.807) is 24.2 Å². The number of aromatic nitrogens is 4. The number of hydrogen-bond acceptors (Lipinski definition) is 7. The van der Waals surface area contributed by atoms with Crippen molar-refractivity contribution in [3.8, 4) is 11.4 Å². The lowest BCUT2D eigenvalue weighted by molar-refractivity contribution is 0.0534. The van der Waals surface area contributed by atoms with Gasteiger partial charge in [-0.3, -0.25) is 14.9 Å². The normalized spacial score (nSPS) is 18.5. The molecule has 1 aliphatic heterocycles. The predicted molar refractivity (Wildman–Crippen MR) is 121 cm³/mol. The van der Waals surface area contributed by atoms with Gasteiger partial charge in [0.1, 0.15) is 6.23 Å². The molecular formula is C22H26N6OS. The van der Waals surface area contributed by atoms with E-state index in [2.05, 4.69) is 60.8 Å². The average molecular weight is 423 g/mol. The lowest BCUT2D eigenvalue weighted by atomic mass is 10.2. The Morgan fingerprint density at radius 1 is 1.20 bits per heavy atom. The number of benzene rings is 1. The van der Waals surface area contributed by atoms with Crippen molar-refractivity contribution in [2.75, 3.05) is 31.3 Å². The molecule has 0 radical (unpaired) electrons. The molecule has 0 saturated carbocycles. The molecule has 1 fully saturated rings. The standard InChI is InChI=1S/C22H26N6OS/c1-4-13-28-20(16-9-11-23-12-10-16)25-26-22(28)30-15-19-14-24-21(29-19)17-5-7-18(8-6-17)27(2)3/h4-12,19,21,24H,1,13-15H2,2-3H3/t19-,21-/m1/s1. The van der Waals surface area contributed by atoms with Crippen LogP contribution >= 0.6 is 11.8 Å². The Morgan fingerprint density at radius 2 is 1.97 bits per heavy atom. The molecular weight excluding hydrogens is 396 g/mol. The van der Waals surface area contributed by atoms with E-state index < -0.39 is 0 Å². The zero-order chi connectivity index (χ0) is 20.9. The monoisotopic (exact) mass is 422 g/mol. The molecule has 0 aliphatic carbocycles. The van der Waals surface area contributed by atoms with Crippen LogP contribution in [0, 0.1) is 0 Å². The maximum Gasteiger partial charge on any atom is 0.191 e. The van der Waals surface area contributed by atoms with Crippen molar-refractivity contribution in [2.24, 2.45) is 0 Å². The van der Waals surface area contributed by atoms with Crippen LogP contribution in [0.5, 0.6) is 0 Å². The molecule has 30 heavy (non-hydrogen) atoms. The summed E-state index contributed by atoms with van der Waals surface area (Å²) in [4.78, 5) is 6.17. The zero-order valence-electron chi connectivity index (χ0n) is 17.2. The number of thioether (sulfide) groups is 1. The van der Waals surface area contributed by atoms with Gasteiger partial charge in [-0.25, -0.2) is 0 Å². The summed E-state index contributed by atoms with van der Waals surface area (Å²) in [6.45, 7) is 5.33. The van der Waals surface area contributed by atoms with Crippen molar-refractivity contribution in [1.82, 2.24) is 25.1 Å². The second-order valence-corrected chi connectivity index (χ2v) is 8.27. The van der Waals surface area contributed by atoms with Crippen molar-refractivity contribution < 1.29 is 4.74 Å². The molecule has 7 nitrogen and oxygen atoms in total. The van der Waals surface area contributed by atoms with Gasteiger partial charge in [0, 0.05) is 56.6 Å². The highest BCUT2D eigenvalue weighted by molar-refractivity contribution is 7.99. The van der Waals surface area contributed by atoms with Gasteiger partial charge in [-0.05, 0) is 29.8 Å². The molecule has 1 N–H and O–H groups in total. The molecule has 1 aliphatic rings. The molecule has 0 spiro atoms. The summed E-state index contributed by atoms with van der Waals surface area (Å²) in [5, 5.41) is 13.1. The van der Waals surface area contributed by atoms with Crippen LogP contribution in [-0.4, -0.2) is 52.2 Å². The van der Waals surface area contributed by atoms with E-state index in [-0.39, 0.29) is 12.3 Å². The maximum atomic E-state index is 6.23. The van der Waals surface area contributed by atoms with Crippen LogP contribution in [-0.2, 0) is 11.3 Å². The molecule has 156 valence electrons. The number of anilines is 1. The first-order valence-electron chi connectivity index (χ1n) is 9.89. The minimum absolute atomic E-state index is 0.0785. The Bertz CT molecular complexity index is 973. The minimum atomic E-state index is -0.0785. The van der Waals surface area contributed by atoms with E-state index in [4.69, 9.17) is 4.74 Å². The second-order valence-electron chi connectivity index (χ2n) is 7.28. The first kappa shape index (κ1) is 20.6. The lowest BCUT2D eigenvalue weighted by Crippen LogP contribution is -2.17. The predicted octanol–water partition coefficient (Wildman–Crippen LogP) is 3.37. The highest BCUT2D eigenvalue weighted by Crippen LogP contribution is 2.28. The van der Waals surface area contributed by atoms with E-state index in [1.165, 1.54) is 5.69 Å². The average Bonchev–Trinajstić information content (AvgIpc) is 3.40. The third-order valence-electron chi connectivity index (χ3n) is 4.94. The van der Waals surface area contributed by atoms with Crippen LogP contribution in [0.3, 0.4) is 0 Å². The molecule has 0 amide bonds. The molecule has 0 bridgehead atoms. The van der Waals surface area contributed by atoms with Crippen molar-refractivity contribution >= 4 is 17.4 Å². The molecule has 2 aromatic heterocycles. The van der Waals surface area contributed by atoms with Crippen LogP contribution in [0.1, 0.15) is 11.8 Å². The molecule has 1 saturated heterocycles. The van der Waals surface area contributed by atoms with Gasteiger partial charge >= 0.3 is 0 Å². The van der Waals surface area contributed by atoms with E-state index >= 15 is 0 Å². The summed E-state index contributed by atoms with van der Waals surface area (Å²) >= 11 is 1.66. The largest absolute Gasteiger partial charge is 0.378 e. The number of ether oxygens (including phenoxy) is 1. The van der Waals surface area contributed by atoms with Crippen LogP contribution < -0.4 is 10.2 Å². The lowest BCUT2D eigenvalue weighted by Gasteiger charge is -2.16. The molecule has 3 heterocycles. The Balaban J connectivity index is 1.39. The number of nitrogens with one attached hydrogen (secondary N) is 1. The van der Waals surface area contributed by atoms with E-state index in [9.17, 15) is 0 Å². The van der Waals surface area contributed by atoms with Gasteiger partial charge in [0.25, 0.3) is 0 Å². The van der Waals surface area contributed by atoms with Crippen LogP contribution in [0.15, 0.2) is 66.6 Å². The van der Waals surface area contributed by atoms with E-state index in [1.807, 2.05) is 32.3 Å². The van der Waals surface area contributed by atoms with Gasteiger partial charge in [-0.15, -0.1) is 16.8 Å². The third-order valence-corrected chi connectivity index (χ3v) is 6.04. The van der Waals surface area contributed by atoms with Gasteiger partial charge in [0.05, 0.1) is 6.10 Å². The summed E-state index contributed by atoms with van der Waals surface area (Å²) < 4.78 is 8.31. The van der Waals surface area contributed by atoms with Crippen molar-refractivity contribution in [3.05, 3.63) is 67.0 Å². The first-order chi connectivity index (χ1) is 14.7. The minimum Gasteiger partial charge on any atom is -0.378 e. The SMILES string of the molecule is C=CCn1c(SC[C@H]2CN[C@@H](c3ccc(N(C)C)cc3)O2)nnc1-c1ccncc1. The van der Waals surface area contributed by atoms with Crippen LogP contribution in [0.4, 0.5) is 5.69 Å². The number of hydrogen-bond donors (Lipinski definition) is 1. The van der Waals surface area contributed by atoms with Gasteiger partial charge in [0.15, 0.2) is 11.0 Å². The molecule has 3 aromatic rings. The fraction of sp³-hybridized carbons (Fsp3) is 0.318. The zero-order valence-corrected chi connectivity index (χ0v) is 18.0. The quantitative estimate of drug-likeness (QED) is 0.441. The Hall–Kier alpha value is -2.68. The Labute approximate surface area is 181 Å². The van der Waals surface area contributed by atoms with Crippen LogP contribution in [0.2, 0.25) is 0 Å². The molecule has 4 rings (SSSR count). The van der Waals surface area contributed by atoms with E-state index in [0.29, 0.717) is 6.54 Å². The number of allylic oxidation sites excluding steroid dienone is 1. The van der Waals surface area contributed by atoms with Gasteiger partial charge < -0.3 is 9.64 Å². The summed E-state index contributed by atoms with van der Waals surface area (Å²) in [6, 6.07) is 12.3. The number of pyridine rings is 1. The van der Waals surface area contributed by atoms with Crippen molar-refractivity contribution in [2.45, 2.75) is 24.0 Å². The summed E-state index contributed by atoms with van der Waals surface area (Å²) in [5.74, 6) is 1.62. The topological polar surface area (TPSA) is 68.1 Å². The number of nitrogens with zero attached hydrogens (tertiary/aromatic N) is 5. The molecule has 2 atom stereocenters. The fourth-order valence-corrected chi connectivity index (χ4v) is 4.29. The first-order valence-corrected chi connectivity index (χ1v) is 10.9. The Morgan fingerprint density at radius 3 is 2.67 bits per heavy atom. The smallest absolute Gasteiger partial charge is 0.191 e. The van der Waals surface area contributed by atoms with Crippen molar-refractivity contribution in [3.63, 3.8) is 0 Å². The summed E-state index contributed by atoms with van der Waals surface area (Å²) in [7, 11) is 4.08. The van der Waals surface area contributed by atoms with E-state index in [0.717, 1.165) is 34.4 Å². The highest BCUT2D eigenvalue weighted by Gasteiger charge is 2.26. The number of rotatable bonds is 8. The van der Waals surface area contributed by atoms with Gasteiger partial charge in [0.2, 0.25) is 0 Å². The maximum absolute atomic E-state index is 6.23. The summed E-state index contributed by atoms with van der Waals surface area (Å²) in [6.07, 6.45) is 5.41. The van der Waals surface area contributed by atoms with Gasteiger partial charge in [-0.1, -0.05) is 30.0 Å². The Kier molecular flexibility index (Phi) is 6.47.